The molecular weight excluding hydrogens is 358 g/mol. The van der Waals surface area contributed by atoms with E-state index < -0.39 is 0 Å². The number of benzene rings is 2. The normalized spacial score (nSPS) is 28.9. The highest BCUT2D eigenvalue weighted by Crippen LogP contribution is 2.56. The molecule has 2 unspecified atom stereocenters. The number of aliphatic hydroxyl groups excluding tert-OH is 1. The van der Waals surface area contributed by atoms with Crippen molar-refractivity contribution in [3.63, 3.8) is 0 Å². The zero-order valence-electron chi connectivity index (χ0n) is 17.4. The molecule has 0 radical (unpaired) electrons. The van der Waals surface area contributed by atoms with Crippen molar-refractivity contribution in [3.05, 3.63) is 65.7 Å². The Morgan fingerprint density at radius 1 is 1.00 bits per heavy atom. The molecule has 2 aromatic rings. The minimum atomic E-state index is 0.161. The first kappa shape index (κ1) is 20.4. The highest BCUT2D eigenvalue weighted by atomic mass is 16.3. The average molecular weight is 394 g/mol. The number of aliphatic hydroxyl groups is 1. The molecule has 2 bridgehead atoms. The van der Waals surface area contributed by atoms with Crippen molar-refractivity contribution in [1.29, 1.82) is 0 Å². The van der Waals surface area contributed by atoms with Gasteiger partial charge >= 0.3 is 0 Å². The van der Waals surface area contributed by atoms with Gasteiger partial charge in [0.25, 0.3) is 0 Å². The molecule has 0 saturated heterocycles. The van der Waals surface area contributed by atoms with E-state index in [4.69, 9.17) is 0 Å². The van der Waals surface area contributed by atoms with E-state index in [1.54, 1.807) is 6.07 Å². The van der Waals surface area contributed by atoms with Crippen molar-refractivity contribution >= 4 is 0 Å². The van der Waals surface area contributed by atoms with Gasteiger partial charge in [-0.3, -0.25) is 0 Å². The second-order valence-corrected chi connectivity index (χ2v) is 9.07. The van der Waals surface area contributed by atoms with E-state index in [0.717, 1.165) is 25.8 Å². The van der Waals surface area contributed by atoms with Crippen LogP contribution in [0.15, 0.2) is 54.6 Å². The molecule has 2 fully saturated rings. The second-order valence-electron chi connectivity index (χ2n) is 9.07. The number of rotatable bonds is 8. The Morgan fingerprint density at radius 2 is 1.86 bits per heavy atom. The summed E-state index contributed by atoms with van der Waals surface area (Å²) in [5, 5.41) is 23.6. The molecule has 4 atom stereocenters. The molecule has 0 spiro atoms. The fraction of sp³-hybridized carbons (Fsp3) is 0.538. The molecule has 2 aliphatic rings. The Bertz CT molecular complexity index is 777. The van der Waals surface area contributed by atoms with Crippen LogP contribution in [0, 0.1) is 11.8 Å². The Labute approximate surface area is 175 Å². The fourth-order valence-electron chi connectivity index (χ4n) is 6.29. The molecule has 3 heteroatoms. The third-order valence-corrected chi connectivity index (χ3v) is 7.56. The van der Waals surface area contributed by atoms with Crippen LogP contribution in [0.3, 0.4) is 0 Å². The van der Waals surface area contributed by atoms with E-state index in [-0.39, 0.29) is 12.0 Å². The SMILES string of the molecule is OCCC[C@H]1[C@@H]2CCCC1(c1cccc(O)c1)CCC2NCCc1ccccc1. The average Bonchev–Trinajstić information content (AvgIpc) is 2.74. The lowest BCUT2D eigenvalue weighted by Crippen LogP contribution is -2.55. The standard InChI is InChI=1S/C26H35NO2/c28-18-6-12-24-23-11-5-15-26(24,21-9-4-10-22(29)19-21)16-13-25(23)27-17-14-20-7-2-1-3-8-20/h1-4,7-10,19,23-25,27-29H,5-6,11-18H2/t23-,24-,25?,26?/m0/s1. The van der Waals surface area contributed by atoms with Gasteiger partial charge in [0.05, 0.1) is 0 Å². The van der Waals surface area contributed by atoms with Crippen LogP contribution in [0.25, 0.3) is 0 Å². The number of hydrogen-bond acceptors (Lipinski definition) is 3. The van der Waals surface area contributed by atoms with Crippen LogP contribution < -0.4 is 5.32 Å². The quantitative estimate of drug-likeness (QED) is 0.603. The van der Waals surface area contributed by atoms with Crippen LogP contribution in [-0.2, 0) is 11.8 Å². The van der Waals surface area contributed by atoms with Gasteiger partial charge in [0.15, 0.2) is 0 Å². The van der Waals surface area contributed by atoms with Crippen molar-refractivity contribution in [2.45, 2.75) is 62.8 Å². The third kappa shape index (κ3) is 4.36. The number of phenols is 1. The van der Waals surface area contributed by atoms with Gasteiger partial charge in [-0.15, -0.1) is 0 Å². The maximum absolute atomic E-state index is 10.1. The lowest BCUT2D eigenvalue weighted by atomic mass is 9.50. The summed E-state index contributed by atoms with van der Waals surface area (Å²) in [7, 11) is 0. The summed E-state index contributed by atoms with van der Waals surface area (Å²) in [5.41, 5.74) is 2.87. The summed E-state index contributed by atoms with van der Waals surface area (Å²) in [4.78, 5) is 0. The van der Waals surface area contributed by atoms with E-state index in [1.807, 2.05) is 12.1 Å². The van der Waals surface area contributed by atoms with E-state index in [0.29, 0.717) is 23.6 Å². The number of phenolic OH excluding ortho intramolecular Hbond substituents is 1. The van der Waals surface area contributed by atoms with Gasteiger partial charge in [-0.25, -0.2) is 0 Å². The summed E-state index contributed by atoms with van der Waals surface area (Å²) in [6, 6.07) is 19.3. The second kappa shape index (κ2) is 9.32. The van der Waals surface area contributed by atoms with E-state index in [1.165, 1.54) is 43.2 Å². The molecule has 156 valence electrons. The predicted octanol–water partition coefficient (Wildman–Crippen LogP) is 4.81. The number of nitrogens with one attached hydrogen (secondary N) is 1. The Morgan fingerprint density at radius 3 is 2.66 bits per heavy atom. The first-order chi connectivity index (χ1) is 14.2. The molecule has 0 aliphatic heterocycles. The minimum Gasteiger partial charge on any atom is -0.508 e. The van der Waals surface area contributed by atoms with E-state index in [2.05, 4.69) is 41.7 Å². The smallest absolute Gasteiger partial charge is 0.115 e. The third-order valence-electron chi connectivity index (χ3n) is 7.56. The van der Waals surface area contributed by atoms with Gasteiger partial charge in [-0.2, -0.15) is 0 Å². The number of hydrogen-bond donors (Lipinski definition) is 3. The van der Waals surface area contributed by atoms with Gasteiger partial charge in [0.1, 0.15) is 5.75 Å². The van der Waals surface area contributed by atoms with Crippen LogP contribution in [0.4, 0.5) is 0 Å². The zero-order valence-corrected chi connectivity index (χ0v) is 17.4. The van der Waals surface area contributed by atoms with Crippen molar-refractivity contribution in [3.8, 4) is 5.75 Å². The monoisotopic (exact) mass is 393 g/mol. The van der Waals surface area contributed by atoms with Gasteiger partial charge in [-0.1, -0.05) is 48.9 Å². The van der Waals surface area contributed by atoms with Crippen LogP contribution in [-0.4, -0.2) is 29.4 Å². The lowest BCUT2D eigenvalue weighted by molar-refractivity contribution is 0.0199. The first-order valence-corrected chi connectivity index (χ1v) is 11.4. The van der Waals surface area contributed by atoms with Gasteiger partial charge in [-0.05, 0) is 92.0 Å². The summed E-state index contributed by atoms with van der Waals surface area (Å²) >= 11 is 0. The van der Waals surface area contributed by atoms with Gasteiger partial charge in [0.2, 0.25) is 0 Å². The van der Waals surface area contributed by atoms with Crippen LogP contribution in [0.2, 0.25) is 0 Å². The highest BCUT2D eigenvalue weighted by Gasteiger charge is 2.51. The molecule has 3 nitrogen and oxygen atoms in total. The van der Waals surface area contributed by atoms with Crippen LogP contribution in [0.5, 0.6) is 5.75 Å². The topological polar surface area (TPSA) is 52.5 Å². The van der Waals surface area contributed by atoms with Crippen LogP contribution >= 0.6 is 0 Å². The minimum absolute atomic E-state index is 0.161. The van der Waals surface area contributed by atoms with Gasteiger partial charge in [0, 0.05) is 12.6 Å². The molecule has 0 heterocycles. The number of aromatic hydroxyl groups is 1. The maximum Gasteiger partial charge on any atom is 0.115 e. The summed E-state index contributed by atoms with van der Waals surface area (Å²) in [6.07, 6.45) is 9.14. The lowest BCUT2D eigenvalue weighted by Gasteiger charge is -2.56. The molecule has 0 aromatic heterocycles. The predicted molar refractivity (Wildman–Crippen MR) is 118 cm³/mol. The molecule has 29 heavy (non-hydrogen) atoms. The summed E-state index contributed by atoms with van der Waals surface area (Å²) < 4.78 is 0. The summed E-state index contributed by atoms with van der Waals surface area (Å²) in [5.74, 6) is 1.61. The first-order valence-electron chi connectivity index (χ1n) is 11.4. The van der Waals surface area contributed by atoms with Crippen molar-refractivity contribution in [2.75, 3.05) is 13.2 Å². The van der Waals surface area contributed by atoms with Crippen LogP contribution in [0.1, 0.15) is 56.1 Å². The Kier molecular flexibility index (Phi) is 6.56. The molecule has 4 rings (SSSR count). The maximum atomic E-state index is 10.1. The van der Waals surface area contributed by atoms with Crippen molar-refractivity contribution in [2.24, 2.45) is 11.8 Å². The highest BCUT2D eigenvalue weighted by molar-refractivity contribution is 5.35. The summed E-state index contributed by atoms with van der Waals surface area (Å²) in [6.45, 7) is 1.29. The fourth-order valence-corrected chi connectivity index (χ4v) is 6.29. The largest absolute Gasteiger partial charge is 0.508 e. The molecule has 3 N–H and O–H groups in total. The van der Waals surface area contributed by atoms with E-state index >= 15 is 0 Å². The van der Waals surface area contributed by atoms with E-state index in [9.17, 15) is 10.2 Å². The van der Waals surface area contributed by atoms with Crippen molar-refractivity contribution < 1.29 is 10.2 Å². The Hall–Kier alpha value is -1.84. The molecule has 0 amide bonds. The zero-order chi connectivity index (χ0) is 20.1. The molecular formula is C26H35NO2. The van der Waals surface area contributed by atoms with Gasteiger partial charge < -0.3 is 15.5 Å². The molecule has 2 saturated carbocycles. The molecule has 2 aromatic carbocycles. The Balaban J connectivity index is 1.51. The molecule has 2 aliphatic carbocycles. The van der Waals surface area contributed by atoms with Crippen molar-refractivity contribution in [1.82, 2.24) is 5.32 Å². The number of fused-ring (bicyclic) bond motifs is 2.